The topological polar surface area (TPSA) is 59.6 Å². The molecule has 2 aromatic carbocycles. The van der Waals surface area contributed by atoms with E-state index in [-0.39, 0.29) is 12.7 Å². The Balaban J connectivity index is 1.44. The molecule has 2 N–H and O–H groups in total. The summed E-state index contributed by atoms with van der Waals surface area (Å²) in [5.41, 5.74) is 3.36. The number of nitrogens with one attached hydrogen (secondary N) is 2. The summed E-state index contributed by atoms with van der Waals surface area (Å²) in [6.07, 6.45) is 0.428. The lowest BCUT2D eigenvalue weighted by molar-refractivity contribution is -0.121. The highest BCUT2D eigenvalue weighted by atomic mass is 16.7. The second-order valence-corrected chi connectivity index (χ2v) is 6.38. The number of para-hydroxylation sites is 1. The Kier molecular flexibility index (Phi) is 5.43. The van der Waals surface area contributed by atoms with Crippen molar-refractivity contribution in [2.75, 3.05) is 18.7 Å². The van der Waals surface area contributed by atoms with E-state index in [0.717, 1.165) is 22.7 Å². The number of benzene rings is 2. The van der Waals surface area contributed by atoms with Crippen LogP contribution in [0.4, 0.5) is 5.69 Å². The Bertz CT molecular complexity index is 743. The molecule has 1 heterocycles. The van der Waals surface area contributed by atoms with E-state index in [1.54, 1.807) is 0 Å². The zero-order valence-corrected chi connectivity index (χ0v) is 14.7. The average Bonchev–Trinajstić information content (AvgIpc) is 3.08. The summed E-state index contributed by atoms with van der Waals surface area (Å²) in [4.78, 5) is 12.1. The van der Waals surface area contributed by atoms with E-state index in [1.165, 1.54) is 5.56 Å². The molecular formula is C20H24N2O3. The van der Waals surface area contributed by atoms with E-state index in [4.69, 9.17) is 9.47 Å². The Morgan fingerprint density at radius 3 is 2.76 bits per heavy atom. The third kappa shape index (κ3) is 4.44. The van der Waals surface area contributed by atoms with Crippen LogP contribution in [0.2, 0.25) is 0 Å². The maximum atomic E-state index is 12.1. The first-order chi connectivity index (χ1) is 12.1. The molecule has 1 aliphatic rings. The molecule has 0 unspecified atom stereocenters. The molecule has 0 saturated carbocycles. The minimum Gasteiger partial charge on any atom is -0.454 e. The van der Waals surface area contributed by atoms with Crippen molar-refractivity contribution in [1.82, 2.24) is 5.32 Å². The number of carbonyl (C=O) groups is 1. The molecule has 132 valence electrons. The van der Waals surface area contributed by atoms with Gasteiger partial charge in [0.2, 0.25) is 12.7 Å². The molecule has 1 amide bonds. The van der Waals surface area contributed by atoms with Gasteiger partial charge in [-0.1, -0.05) is 38.1 Å². The van der Waals surface area contributed by atoms with Gasteiger partial charge in [0, 0.05) is 25.2 Å². The summed E-state index contributed by atoms with van der Waals surface area (Å²) in [6, 6.07) is 13.9. The molecule has 2 aromatic rings. The van der Waals surface area contributed by atoms with Gasteiger partial charge >= 0.3 is 0 Å². The predicted octanol–water partition coefficient (Wildman–Crippen LogP) is 3.66. The smallest absolute Gasteiger partial charge is 0.231 e. The fourth-order valence-electron chi connectivity index (χ4n) is 2.81. The fraction of sp³-hybridized carbons (Fsp3) is 0.350. The second-order valence-electron chi connectivity index (χ2n) is 6.38. The molecule has 5 heteroatoms. The van der Waals surface area contributed by atoms with Gasteiger partial charge in [-0.3, -0.25) is 4.79 Å². The summed E-state index contributed by atoms with van der Waals surface area (Å²) in [6.45, 7) is 5.68. The number of rotatable bonds is 7. The van der Waals surface area contributed by atoms with E-state index in [1.807, 2.05) is 30.3 Å². The van der Waals surface area contributed by atoms with Crippen LogP contribution < -0.4 is 20.1 Å². The molecule has 0 bridgehead atoms. The first-order valence-electron chi connectivity index (χ1n) is 8.61. The van der Waals surface area contributed by atoms with Crippen LogP contribution in [0.5, 0.6) is 11.5 Å². The van der Waals surface area contributed by atoms with Crippen LogP contribution in [0, 0.1) is 0 Å². The monoisotopic (exact) mass is 340 g/mol. The van der Waals surface area contributed by atoms with Gasteiger partial charge in [-0.2, -0.15) is 0 Å². The van der Waals surface area contributed by atoms with Crippen LogP contribution in [0.3, 0.4) is 0 Å². The van der Waals surface area contributed by atoms with Crippen LogP contribution in [0.25, 0.3) is 0 Å². The van der Waals surface area contributed by atoms with Crippen molar-refractivity contribution in [3.63, 3.8) is 0 Å². The summed E-state index contributed by atoms with van der Waals surface area (Å²) in [5, 5.41) is 6.30. The lowest BCUT2D eigenvalue weighted by atomic mass is 10.0. The van der Waals surface area contributed by atoms with E-state index in [9.17, 15) is 4.79 Å². The number of carbonyl (C=O) groups excluding carboxylic acids is 1. The van der Waals surface area contributed by atoms with Gasteiger partial charge in [0.1, 0.15) is 0 Å². The van der Waals surface area contributed by atoms with E-state index >= 15 is 0 Å². The zero-order valence-electron chi connectivity index (χ0n) is 14.7. The van der Waals surface area contributed by atoms with Crippen molar-refractivity contribution in [2.45, 2.75) is 32.7 Å². The first-order valence-corrected chi connectivity index (χ1v) is 8.61. The van der Waals surface area contributed by atoms with Gasteiger partial charge in [0.05, 0.1) is 0 Å². The maximum absolute atomic E-state index is 12.1. The average molecular weight is 340 g/mol. The van der Waals surface area contributed by atoms with Crippen LogP contribution in [-0.4, -0.2) is 19.2 Å². The van der Waals surface area contributed by atoms with Gasteiger partial charge in [-0.25, -0.2) is 0 Å². The summed E-state index contributed by atoms with van der Waals surface area (Å²) in [7, 11) is 0. The lowest BCUT2D eigenvalue weighted by Gasteiger charge is -2.14. The quantitative estimate of drug-likeness (QED) is 0.808. The van der Waals surface area contributed by atoms with Crippen molar-refractivity contribution in [3.8, 4) is 11.5 Å². The van der Waals surface area contributed by atoms with Crippen molar-refractivity contribution < 1.29 is 14.3 Å². The number of amides is 1. The summed E-state index contributed by atoms with van der Waals surface area (Å²) in [5.74, 6) is 1.96. The van der Waals surface area contributed by atoms with Crippen molar-refractivity contribution in [3.05, 3.63) is 53.6 Å². The number of fused-ring (bicyclic) bond motifs is 1. The van der Waals surface area contributed by atoms with E-state index in [0.29, 0.717) is 25.4 Å². The van der Waals surface area contributed by atoms with Crippen molar-refractivity contribution in [1.29, 1.82) is 0 Å². The highest BCUT2D eigenvalue weighted by Gasteiger charge is 2.13. The summed E-state index contributed by atoms with van der Waals surface area (Å²) < 4.78 is 10.6. The third-order valence-electron chi connectivity index (χ3n) is 4.18. The largest absolute Gasteiger partial charge is 0.454 e. The first kappa shape index (κ1) is 17.1. The lowest BCUT2D eigenvalue weighted by Crippen LogP contribution is -2.25. The molecule has 0 atom stereocenters. The Labute approximate surface area is 148 Å². The fourth-order valence-corrected chi connectivity index (χ4v) is 2.81. The molecule has 0 radical (unpaired) electrons. The van der Waals surface area contributed by atoms with E-state index in [2.05, 4.69) is 36.6 Å². The Morgan fingerprint density at radius 2 is 1.92 bits per heavy atom. The number of ether oxygens (including phenoxy) is 2. The molecule has 3 rings (SSSR count). The van der Waals surface area contributed by atoms with Crippen LogP contribution in [0.1, 0.15) is 37.3 Å². The van der Waals surface area contributed by atoms with Crippen LogP contribution >= 0.6 is 0 Å². The Hall–Kier alpha value is -2.69. The van der Waals surface area contributed by atoms with Gasteiger partial charge in [0.25, 0.3) is 0 Å². The predicted molar refractivity (Wildman–Crippen MR) is 98.0 cm³/mol. The second kappa shape index (κ2) is 7.92. The number of hydrogen-bond acceptors (Lipinski definition) is 4. The molecule has 0 aromatic heterocycles. The minimum atomic E-state index is 0.0206. The SMILES string of the molecule is CC(C)c1ccccc1NCCC(=O)NCc1ccc2c(c1)OCO2. The molecular weight excluding hydrogens is 316 g/mol. The van der Waals surface area contributed by atoms with E-state index < -0.39 is 0 Å². The molecule has 1 aliphatic heterocycles. The molecule has 0 aliphatic carbocycles. The molecule has 0 fully saturated rings. The molecule has 5 nitrogen and oxygen atoms in total. The van der Waals surface area contributed by atoms with Crippen molar-refractivity contribution in [2.24, 2.45) is 0 Å². The van der Waals surface area contributed by atoms with Gasteiger partial charge in [-0.05, 0) is 35.2 Å². The minimum absolute atomic E-state index is 0.0206. The zero-order chi connectivity index (χ0) is 17.6. The molecule has 25 heavy (non-hydrogen) atoms. The van der Waals surface area contributed by atoms with Gasteiger partial charge < -0.3 is 20.1 Å². The third-order valence-corrected chi connectivity index (χ3v) is 4.18. The van der Waals surface area contributed by atoms with Crippen LogP contribution in [0.15, 0.2) is 42.5 Å². The number of hydrogen-bond donors (Lipinski definition) is 2. The normalized spacial score (nSPS) is 12.3. The highest BCUT2D eigenvalue weighted by Crippen LogP contribution is 2.32. The maximum Gasteiger partial charge on any atom is 0.231 e. The highest BCUT2D eigenvalue weighted by molar-refractivity contribution is 5.76. The Morgan fingerprint density at radius 1 is 1.12 bits per heavy atom. The van der Waals surface area contributed by atoms with Crippen molar-refractivity contribution >= 4 is 11.6 Å². The van der Waals surface area contributed by atoms with Crippen LogP contribution in [-0.2, 0) is 11.3 Å². The number of anilines is 1. The summed E-state index contributed by atoms with van der Waals surface area (Å²) >= 11 is 0. The molecule has 0 saturated heterocycles. The standard InChI is InChI=1S/C20H24N2O3/c1-14(2)16-5-3-4-6-17(16)21-10-9-20(23)22-12-15-7-8-18-19(11-15)25-13-24-18/h3-8,11,14,21H,9-10,12-13H2,1-2H3,(H,22,23). The molecule has 0 spiro atoms. The van der Waals surface area contributed by atoms with Gasteiger partial charge in [-0.15, -0.1) is 0 Å². The van der Waals surface area contributed by atoms with Gasteiger partial charge in [0.15, 0.2) is 11.5 Å².